The largest absolute Gasteiger partial charge is 0.461 e. The van der Waals surface area contributed by atoms with Crippen LogP contribution in [0.2, 0.25) is 0 Å². The van der Waals surface area contributed by atoms with Crippen LogP contribution in [0.4, 0.5) is 0 Å². The summed E-state index contributed by atoms with van der Waals surface area (Å²) in [6, 6.07) is 5.62. The molecule has 0 saturated carbocycles. The van der Waals surface area contributed by atoms with E-state index in [1.807, 2.05) is 39.6 Å². The Morgan fingerprint density at radius 2 is 2.22 bits per heavy atom. The Morgan fingerprint density at radius 3 is 3.00 bits per heavy atom. The van der Waals surface area contributed by atoms with Gasteiger partial charge in [0.05, 0.1) is 12.0 Å². The SMILES string of the molecule is CCn1c(SCc2cn3cccnc3n2)nnc1-c1ccco1. The maximum absolute atomic E-state index is 5.42. The summed E-state index contributed by atoms with van der Waals surface area (Å²) >= 11 is 1.60. The van der Waals surface area contributed by atoms with Gasteiger partial charge in [0.25, 0.3) is 0 Å². The summed E-state index contributed by atoms with van der Waals surface area (Å²) in [6.45, 7) is 2.84. The van der Waals surface area contributed by atoms with E-state index in [1.54, 1.807) is 24.2 Å². The molecular weight excluding hydrogens is 312 g/mol. The quantitative estimate of drug-likeness (QED) is 0.525. The maximum Gasteiger partial charge on any atom is 0.233 e. The van der Waals surface area contributed by atoms with E-state index in [0.717, 1.165) is 29.0 Å². The summed E-state index contributed by atoms with van der Waals surface area (Å²) in [7, 11) is 0. The molecule has 0 saturated heterocycles. The first-order valence-electron chi connectivity index (χ1n) is 7.23. The van der Waals surface area contributed by atoms with Crippen molar-refractivity contribution in [2.45, 2.75) is 24.4 Å². The Hall–Kier alpha value is -2.61. The van der Waals surface area contributed by atoms with E-state index < -0.39 is 0 Å². The Balaban J connectivity index is 1.57. The third-order valence-corrected chi connectivity index (χ3v) is 4.41. The molecule has 0 bridgehead atoms. The lowest BCUT2D eigenvalue weighted by molar-refractivity contribution is 0.567. The molecule has 4 rings (SSSR count). The Bertz CT molecular complexity index is 894. The lowest BCUT2D eigenvalue weighted by atomic mass is 10.4. The first-order chi connectivity index (χ1) is 11.3. The van der Waals surface area contributed by atoms with Crippen molar-refractivity contribution in [3.63, 3.8) is 0 Å². The third kappa shape index (κ3) is 2.61. The number of furan rings is 1. The second kappa shape index (κ2) is 5.88. The minimum absolute atomic E-state index is 0.705. The highest BCUT2D eigenvalue weighted by Crippen LogP contribution is 2.26. The predicted octanol–water partition coefficient (Wildman–Crippen LogP) is 2.89. The standard InChI is InChI=1S/C15H14N6OS/c1-2-21-13(12-5-3-8-22-12)18-19-15(21)23-10-11-9-20-7-4-6-16-14(20)17-11/h3-9H,2,10H2,1H3. The highest BCUT2D eigenvalue weighted by atomic mass is 32.2. The van der Waals surface area contributed by atoms with Crippen molar-refractivity contribution in [1.29, 1.82) is 0 Å². The van der Waals surface area contributed by atoms with Gasteiger partial charge in [-0.05, 0) is 25.1 Å². The maximum atomic E-state index is 5.42. The normalized spacial score (nSPS) is 11.3. The van der Waals surface area contributed by atoms with Gasteiger partial charge in [-0.2, -0.15) is 0 Å². The van der Waals surface area contributed by atoms with Gasteiger partial charge in [-0.3, -0.25) is 8.97 Å². The van der Waals surface area contributed by atoms with E-state index in [2.05, 4.69) is 27.1 Å². The van der Waals surface area contributed by atoms with Gasteiger partial charge in [0.1, 0.15) is 0 Å². The second-order valence-corrected chi connectivity index (χ2v) is 5.82. The molecule has 116 valence electrons. The highest BCUT2D eigenvalue weighted by Gasteiger charge is 2.15. The number of rotatable bonds is 5. The average molecular weight is 326 g/mol. The average Bonchev–Trinajstić information content (AvgIpc) is 3.30. The van der Waals surface area contributed by atoms with Gasteiger partial charge >= 0.3 is 0 Å². The lowest BCUT2D eigenvalue weighted by Gasteiger charge is -2.04. The minimum Gasteiger partial charge on any atom is -0.461 e. The Morgan fingerprint density at radius 1 is 1.26 bits per heavy atom. The number of fused-ring (bicyclic) bond motifs is 1. The molecule has 0 aliphatic rings. The highest BCUT2D eigenvalue weighted by molar-refractivity contribution is 7.98. The topological polar surface area (TPSA) is 74.0 Å². The molecule has 0 aromatic carbocycles. The zero-order chi connectivity index (χ0) is 15.6. The van der Waals surface area contributed by atoms with Crippen LogP contribution in [0.15, 0.2) is 52.6 Å². The molecule has 8 heteroatoms. The number of hydrogen-bond acceptors (Lipinski definition) is 6. The molecular formula is C15H14N6OS. The molecule has 0 aliphatic heterocycles. The van der Waals surface area contributed by atoms with Crippen molar-refractivity contribution in [3.8, 4) is 11.6 Å². The fourth-order valence-electron chi connectivity index (χ4n) is 2.36. The van der Waals surface area contributed by atoms with Crippen molar-refractivity contribution in [2.75, 3.05) is 0 Å². The van der Waals surface area contributed by atoms with Gasteiger partial charge < -0.3 is 4.42 Å². The summed E-state index contributed by atoms with van der Waals surface area (Å²) in [5, 5.41) is 9.37. The van der Waals surface area contributed by atoms with E-state index in [-0.39, 0.29) is 0 Å². The molecule has 0 N–H and O–H groups in total. The van der Waals surface area contributed by atoms with Crippen LogP contribution in [0.3, 0.4) is 0 Å². The molecule has 7 nitrogen and oxygen atoms in total. The molecule has 0 aliphatic carbocycles. The van der Waals surface area contributed by atoms with Crippen molar-refractivity contribution in [1.82, 2.24) is 29.1 Å². The van der Waals surface area contributed by atoms with Crippen LogP contribution < -0.4 is 0 Å². The van der Waals surface area contributed by atoms with Crippen molar-refractivity contribution in [3.05, 3.63) is 48.7 Å². The van der Waals surface area contributed by atoms with Gasteiger partial charge in [-0.1, -0.05) is 11.8 Å². The van der Waals surface area contributed by atoms with Crippen molar-refractivity contribution < 1.29 is 4.42 Å². The molecule has 0 atom stereocenters. The molecule has 4 aromatic rings. The fraction of sp³-hybridized carbons (Fsp3) is 0.200. The second-order valence-electron chi connectivity index (χ2n) is 4.88. The van der Waals surface area contributed by atoms with Gasteiger partial charge in [-0.15, -0.1) is 10.2 Å². The summed E-state index contributed by atoms with van der Waals surface area (Å²) in [5.74, 6) is 2.88. The van der Waals surface area contributed by atoms with Gasteiger partial charge in [0, 0.05) is 30.9 Å². The van der Waals surface area contributed by atoms with Crippen molar-refractivity contribution >= 4 is 17.5 Å². The number of thioether (sulfide) groups is 1. The van der Waals surface area contributed by atoms with Crippen LogP contribution in [-0.2, 0) is 12.3 Å². The zero-order valence-corrected chi connectivity index (χ0v) is 13.3. The van der Waals surface area contributed by atoms with E-state index in [1.165, 1.54) is 0 Å². The zero-order valence-electron chi connectivity index (χ0n) is 12.5. The van der Waals surface area contributed by atoms with Gasteiger partial charge in [-0.25, -0.2) is 9.97 Å². The van der Waals surface area contributed by atoms with Crippen LogP contribution in [0.25, 0.3) is 17.4 Å². The van der Waals surface area contributed by atoms with E-state index in [9.17, 15) is 0 Å². The van der Waals surface area contributed by atoms with Gasteiger partial charge in [0.15, 0.2) is 16.7 Å². The predicted molar refractivity (Wildman–Crippen MR) is 85.9 cm³/mol. The lowest BCUT2D eigenvalue weighted by Crippen LogP contribution is -1.99. The molecule has 23 heavy (non-hydrogen) atoms. The van der Waals surface area contributed by atoms with Gasteiger partial charge in [0.2, 0.25) is 5.78 Å². The number of aromatic nitrogens is 6. The first kappa shape index (κ1) is 14.0. The van der Waals surface area contributed by atoms with E-state index in [4.69, 9.17) is 4.42 Å². The molecule has 0 radical (unpaired) electrons. The Labute approximate surface area is 136 Å². The number of nitrogens with zero attached hydrogens (tertiary/aromatic N) is 6. The minimum atomic E-state index is 0.705. The van der Waals surface area contributed by atoms with Crippen molar-refractivity contribution in [2.24, 2.45) is 0 Å². The number of hydrogen-bond donors (Lipinski definition) is 0. The van der Waals surface area contributed by atoms with Crippen LogP contribution in [-0.4, -0.2) is 29.1 Å². The number of imidazole rings is 1. The molecule has 4 heterocycles. The summed E-state index contributed by atoms with van der Waals surface area (Å²) in [5.41, 5.74) is 0.957. The molecule has 0 spiro atoms. The fourth-order valence-corrected chi connectivity index (χ4v) is 3.24. The molecule has 0 amide bonds. The summed E-state index contributed by atoms with van der Waals surface area (Å²) in [6.07, 6.45) is 7.30. The molecule has 4 aromatic heterocycles. The summed E-state index contributed by atoms with van der Waals surface area (Å²) in [4.78, 5) is 8.72. The van der Waals surface area contributed by atoms with Crippen LogP contribution >= 0.6 is 11.8 Å². The molecule has 0 unspecified atom stereocenters. The third-order valence-electron chi connectivity index (χ3n) is 3.41. The summed E-state index contributed by atoms with van der Waals surface area (Å²) < 4.78 is 9.37. The van der Waals surface area contributed by atoms with Crippen LogP contribution in [0.1, 0.15) is 12.6 Å². The Kier molecular flexibility index (Phi) is 3.58. The van der Waals surface area contributed by atoms with Crippen LogP contribution in [0, 0.1) is 0 Å². The monoisotopic (exact) mass is 326 g/mol. The molecule has 0 fully saturated rings. The van der Waals surface area contributed by atoms with E-state index in [0.29, 0.717) is 11.5 Å². The first-order valence-corrected chi connectivity index (χ1v) is 8.22. The van der Waals surface area contributed by atoms with E-state index >= 15 is 0 Å². The van der Waals surface area contributed by atoms with Crippen LogP contribution in [0.5, 0.6) is 0 Å². The smallest absolute Gasteiger partial charge is 0.233 e.